The monoisotopic (exact) mass is 211 g/mol. The van der Waals surface area contributed by atoms with Crippen LogP contribution < -0.4 is 0 Å². The van der Waals surface area contributed by atoms with Crippen molar-refractivity contribution >= 4 is 11.6 Å². The molecular formula is C10H7ClFNO. The van der Waals surface area contributed by atoms with E-state index < -0.39 is 5.82 Å². The molecule has 0 saturated carbocycles. The first-order chi connectivity index (χ1) is 6.68. The minimum atomic E-state index is -0.431. The molecule has 0 atom stereocenters. The quantitative estimate of drug-likeness (QED) is 0.722. The predicted octanol–water partition coefficient (Wildman–Crippen LogP) is 3.44. The molecule has 2 rings (SSSR count). The van der Waals surface area contributed by atoms with Crippen LogP contribution in [0.25, 0.3) is 11.5 Å². The van der Waals surface area contributed by atoms with Gasteiger partial charge in [-0.05, 0) is 19.1 Å². The molecule has 0 N–H and O–H groups in total. The fourth-order valence-electron chi connectivity index (χ4n) is 1.17. The molecule has 0 unspecified atom stereocenters. The van der Waals surface area contributed by atoms with Gasteiger partial charge in [-0.25, -0.2) is 9.37 Å². The van der Waals surface area contributed by atoms with Crippen LogP contribution in [-0.2, 0) is 0 Å². The lowest BCUT2D eigenvalue weighted by Gasteiger charge is -1.99. The first kappa shape index (κ1) is 9.21. The number of halogens is 2. The maximum atomic E-state index is 13.4. The highest BCUT2D eigenvalue weighted by molar-refractivity contribution is 6.33. The maximum absolute atomic E-state index is 13.4. The summed E-state index contributed by atoms with van der Waals surface area (Å²) in [5.41, 5.74) is 0.904. The van der Waals surface area contributed by atoms with E-state index in [1.54, 1.807) is 13.0 Å². The molecule has 2 aromatic rings. The number of nitrogens with zero attached hydrogens (tertiary/aromatic N) is 1. The number of oxazole rings is 1. The molecular weight excluding hydrogens is 205 g/mol. The number of benzene rings is 1. The van der Waals surface area contributed by atoms with Crippen molar-refractivity contribution in [1.29, 1.82) is 0 Å². The normalized spacial score (nSPS) is 10.5. The summed E-state index contributed by atoms with van der Waals surface area (Å²) in [5.74, 6) is -0.218. The van der Waals surface area contributed by atoms with Crippen LogP contribution in [0.1, 0.15) is 5.69 Å². The summed E-state index contributed by atoms with van der Waals surface area (Å²) in [7, 11) is 0. The summed E-state index contributed by atoms with van der Waals surface area (Å²) in [4.78, 5) is 4.01. The van der Waals surface area contributed by atoms with Crippen LogP contribution >= 0.6 is 11.6 Å². The number of aryl methyl sites for hydroxylation is 1. The van der Waals surface area contributed by atoms with Gasteiger partial charge in [-0.2, -0.15) is 0 Å². The van der Waals surface area contributed by atoms with Gasteiger partial charge in [0, 0.05) is 0 Å². The van der Waals surface area contributed by atoms with Gasteiger partial charge >= 0.3 is 0 Å². The zero-order chi connectivity index (χ0) is 10.1. The van der Waals surface area contributed by atoms with E-state index in [1.807, 2.05) is 0 Å². The summed E-state index contributed by atoms with van der Waals surface area (Å²) >= 11 is 5.83. The topological polar surface area (TPSA) is 26.0 Å². The average Bonchev–Trinajstić information content (AvgIpc) is 2.51. The summed E-state index contributed by atoms with van der Waals surface area (Å²) in [6, 6.07) is 4.46. The Morgan fingerprint density at radius 2 is 2.21 bits per heavy atom. The molecule has 1 aromatic carbocycles. The van der Waals surface area contributed by atoms with Gasteiger partial charge in [0.2, 0.25) is 5.89 Å². The van der Waals surface area contributed by atoms with E-state index >= 15 is 0 Å². The number of hydrogen-bond acceptors (Lipinski definition) is 2. The fraction of sp³-hybridized carbons (Fsp3) is 0.100. The highest BCUT2D eigenvalue weighted by Gasteiger charge is 2.13. The molecule has 1 heterocycles. The second kappa shape index (κ2) is 3.42. The van der Waals surface area contributed by atoms with Crippen molar-refractivity contribution in [2.24, 2.45) is 0 Å². The van der Waals surface area contributed by atoms with Gasteiger partial charge < -0.3 is 4.42 Å². The Kier molecular flexibility index (Phi) is 2.25. The van der Waals surface area contributed by atoms with Crippen LogP contribution in [0.4, 0.5) is 4.39 Å². The Balaban J connectivity index is 2.61. The fourth-order valence-corrected chi connectivity index (χ4v) is 1.41. The van der Waals surface area contributed by atoms with Crippen LogP contribution in [0.15, 0.2) is 28.9 Å². The second-order valence-electron chi connectivity index (χ2n) is 2.89. The molecule has 0 aliphatic heterocycles. The predicted molar refractivity (Wildman–Crippen MR) is 51.6 cm³/mol. The van der Waals surface area contributed by atoms with Gasteiger partial charge in [-0.1, -0.05) is 17.7 Å². The first-order valence-corrected chi connectivity index (χ1v) is 4.43. The van der Waals surface area contributed by atoms with Crippen LogP contribution in [-0.4, -0.2) is 4.98 Å². The van der Waals surface area contributed by atoms with Crippen molar-refractivity contribution in [3.63, 3.8) is 0 Å². The lowest BCUT2D eigenvalue weighted by molar-refractivity contribution is 0.561. The van der Waals surface area contributed by atoms with Crippen molar-refractivity contribution in [3.05, 3.63) is 41.0 Å². The molecule has 0 amide bonds. The molecule has 0 bridgehead atoms. The lowest BCUT2D eigenvalue weighted by atomic mass is 10.2. The molecule has 72 valence electrons. The van der Waals surface area contributed by atoms with E-state index in [-0.39, 0.29) is 11.5 Å². The molecule has 2 nitrogen and oxygen atoms in total. The third kappa shape index (κ3) is 1.51. The van der Waals surface area contributed by atoms with Crippen LogP contribution in [0.5, 0.6) is 0 Å². The molecule has 14 heavy (non-hydrogen) atoms. The van der Waals surface area contributed by atoms with E-state index in [0.717, 1.165) is 0 Å². The largest absolute Gasteiger partial charge is 0.444 e. The van der Waals surface area contributed by atoms with Gasteiger partial charge in [0.15, 0.2) is 0 Å². The van der Waals surface area contributed by atoms with E-state index in [4.69, 9.17) is 16.0 Å². The number of aromatic nitrogens is 1. The Hall–Kier alpha value is -1.35. The number of rotatable bonds is 1. The van der Waals surface area contributed by atoms with E-state index in [0.29, 0.717) is 10.7 Å². The maximum Gasteiger partial charge on any atom is 0.230 e. The third-order valence-electron chi connectivity index (χ3n) is 1.80. The van der Waals surface area contributed by atoms with Crippen molar-refractivity contribution < 1.29 is 8.81 Å². The molecule has 4 heteroatoms. The molecule has 0 spiro atoms. The molecule has 0 radical (unpaired) electrons. The standard InChI is InChI=1S/C10H7ClFNO/c1-6-5-14-10(13-6)9-7(11)3-2-4-8(9)12/h2-5H,1H3. The average molecular weight is 212 g/mol. The Labute approximate surface area is 85.3 Å². The molecule has 0 aliphatic rings. The summed E-state index contributed by atoms with van der Waals surface area (Å²) < 4.78 is 18.4. The zero-order valence-corrected chi connectivity index (χ0v) is 8.18. The zero-order valence-electron chi connectivity index (χ0n) is 7.42. The van der Waals surface area contributed by atoms with Crippen molar-refractivity contribution in [2.45, 2.75) is 6.92 Å². The van der Waals surface area contributed by atoms with E-state index in [1.165, 1.54) is 18.4 Å². The minimum Gasteiger partial charge on any atom is -0.444 e. The lowest BCUT2D eigenvalue weighted by Crippen LogP contribution is -1.85. The summed E-state index contributed by atoms with van der Waals surface area (Å²) in [6.45, 7) is 1.77. The summed E-state index contributed by atoms with van der Waals surface area (Å²) in [6.07, 6.45) is 1.46. The van der Waals surface area contributed by atoms with Crippen molar-refractivity contribution in [3.8, 4) is 11.5 Å². The second-order valence-corrected chi connectivity index (χ2v) is 3.30. The Bertz CT molecular complexity index is 447. The van der Waals surface area contributed by atoms with Crippen LogP contribution in [0, 0.1) is 12.7 Å². The molecule has 0 saturated heterocycles. The molecule has 0 fully saturated rings. The van der Waals surface area contributed by atoms with E-state index in [9.17, 15) is 4.39 Å². The SMILES string of the molecule is Cc1coc(-c2c(F)cccc2Cl)n1. The van der Waals surface area contributed by atoms with Gasteiger partial charge in [0.1, 0.15) is 12.1 Å². The first-order valence-electron chi connectivity index (χ1n) is 4.05. The van der Waals surface area contributed by atoms with Gasteiger partial charge in [-0.3, -0.25) is 0 Å². The summed E-state index contributed by atoms with van der Waals surface area (Å²) in [5, 5.41) is 0.298. The molecule has 1 aromatic heterocycles. The van der Waals surface area contributed by atoms with Gasteiger partial charge in [-0.15, -0.1) is 0 Å². The number of hydrogen-bond donors (Lipinski definition) is 0. The highest BCUT2D eigenvalue weighted by Crippen LogP contribution is 2.29. The highest BCUT2D eigenvalue weighted by atomic mass is 35.5. The van der Waals surface area contributed by atoms with Crippen molar-refractivity contribution in [2.75, 3.05) is 0 Å². The minimum absolute atomic E-state index is 0.210. The third-order valence-corrected chi connectivity index (χ3v) is 2.11. The van der Waals surface area contributed by atoms with Crippen LogP contribution in [0.3, 0.4) is 0 Å². The smallest absolute Gasteiger partial charge is 0.230 e. The van der Waals surface area contributed by atoms with E-state index in [2.05, 4.69) is 4.98 Å². The van der Waals surface area contributed by atoms with Gasteiger partial charge in [0.25, 0.3) is 0 Å². The van der Waals surface area contributed by atoms with Crippen molar-refractivity contribution in [1.82, 2.24) is 4.98 Å². The Morgan fingerprint density at radius 3 is 2.79 bits per heavy atom. The molecule has 0 aliphatic carbocycles. The van der Waals surface area contributed by atoms with Gasteiger partial charge in [0.05, 0.1) is 16.3 Å². The van der Waals surface area contributed by atoms with Crippen LogP contribution in [0.2, 0.25) is 5.02 Å². The Morgan fingerprint density at radius 1 is 1.43 bits per heavy atom.